The number of hydrogen-bond donors (Lipinski definition) is 0. The highest BCUT2D eigenvalue weighted by molar-refractivity contribution is 5.72. The van der Waals surface area contributed by atoms with Crippen LogP contribution in [0.25, 0.3) is 11.0 Å². The van der Waals surface area contributed by atoms with Crippen LogP contribution in [0.4, 0.5) is 0 Å². The number of nitrogens with zero attached hydrogens (tertiary/aromatic N) is 2. The number of para-hydroxylation sites is 2. The van der Waals surface area contributed by atoms with Gasteiger partial charge in [0.25, 0.3) is 5.82 Å². The second kappa shape index (κ2) is 9.75. The van der Waals surface area contributed by atoms with Gasteiger partial charge in [-0.25, -0.2) is 9.13 Å². The third-order valence-corrected chi connectivity index (χ3v) is 5.15. The summed E-state index contributed by atoms with van der Waals surface area (Å²) in [6.45, 7) is 5.68. The highest BCUT2D eigenvalue weighted by atomic mass is 15.1. The molecule has 0 aliphatic carbocycles. The van der Waals surface area contributed by atoms with Crippen molar-refractivity contribution in [2.24, 2.45) is 7.05 Å². The SMILES string of the molecule is CCCCCCCCCCCCn1c(C)[n+](C)c2ccccc21. The normalized spacial score (nSPS) is 11.4. The molecule has 1 aromatic heterocycles. The summed E-state index contributed by atoms with van der Waals surface area (Å²) in [7, 11) is 2.17. The Morgan fingerprint density at radius 2 is 1.39 bits per heavy atom. The van der Waals surface area contributed by atoms with Gasteiger partial charge >= 0.3 is 0 Å². The number of imidazole rings is 1. The zero-order chi connectivity index (χ0) is 16.5. The van der Waals surface area contributed by atoms with E-state index < -0.39 is 0 Å². The van der Waals surface area contributed by atoms with Crippen LogP contribution in [0.5, 0.6) is 0 Å². The average molecular weight is 316 g/mol. The summed E-state index contributed by atoms with van der Waals surface area (Å²) in [6, 6.07) is 8.75. The molecule has 128 valence electrons. The van der Waals surface area contributed by atoms with Crippen LogP contribution >= 0.6 is 0 Å². The minimum absolute atomic E-state index is 1.16. The van der Waals surface area contributed by atoms with Crippen molar-refractivity contribution in [3.63, 3.8) is 0 Å². The predicted octanol–water partition coefficient (Wildman–Crippen LogP) is 5.70. The molecule has 0 saturated carbocycles. The summed E-state index contributed by atoms with van der Waals surface area (Å²) in [5, 5.41) is 0. The van der Waals surface area contributed by atoms with E-state index in [4.69, 9.17) is 0 Å². The summed E-state index contributed by atoms with van der Waals surface area (Å²) in [5.74, 6) is 1.36. The first-order valence-corrected chi connectivity index (χ1v) is 9.69. The van der Waals surface area contributed by atoms with Crippen molar-refractivity contribution in [3.05, 3.63) is 30.1 Å². The molecule has 0 aliphatic rings. The van der Waals surface area contributed by atoms with E-state index in [1.807, 2.05) is 0 Å². The molecular weight excluding hydrogens is 280 g/mol. The van der Waals surface area contributed by atoms with Gasteiger partial charge in [0.2, 0.25) is 0 Å². The monoisotopic (exact) mass is 315 g/mol. The summed E-state index contributed by atoms with van der Waals surface area (Å²) in [5.41, 5.74) is 2.72. The standard InChI is InChI=1S/C21H35N2/c1-4-5-6-7-8-9-10-11-12-15-18-23-19(2)22(3)20-16-13-14-17-21(20)23/h13-14,16-17H,4-12,15,18H2,1-3H3/q+1. The number of aryl methyl sites for hydroxylation is 2. The molecule has 0 atom stereocenters. The summed E-state index contributed by atoms with van der Waals surface area (Å²) in [4.78, 5) is 0. The van der Waals surface area contributed by atoms with Crippen LogP contribution < -0.4 is 4.57 Å². The minimum Gasteiger partial charge on any atom is -0.230 e. The van der Waals surface area contributed by atoms with E-state index in [-0.39, 0.29) is 0 Å². The maximum absolute atomic E-state index is 2.49. The van der Waals surface area contributed by atoms with E-state index in [1.54, 1.807) is 0 Å². The zero-order valence-electron chi connectivity index (χ0n) is 15.5. The fourth-order valence-corrected chi connectivity index (χ4v) is 3.55. The van der Waals surface area contributed by atoms with E-state index in [2.05, 4.69) is 54.3 Å². The van der Waals surface area contributed by atoms with E-state index in [1.165, 1.54) is 81.1 Å². The molecule has 2 nitrogen and oxygen atoms in total. The van der Waals surface area contributed by atoms with Crippen LogP contribution in [0.3, 0.4) is 0 Å². The Morgan fingerprint density at radius 3 is 2.04 bits per heavy atom. The molecule has 0 bridgehead atoms. The third kappa shape index (κ3) is 5.09. The quantitative estimate of drug-likeness (QED) is 0.372. The highest BCUT2D eigenvalue weighted by Crippen LogP contribution is 2.16. The smallest absolute Gasteiger partial charge is 0.230 e. The van der Waals surface area contributed by atoms with Gasteiger partial charge in [-0.3, -0.25) is 0 Å². The number of aromatic nitrogens is 2. The highest BCUT2D eigenvalue weighted by Gasteiger charge is 2.17. The topological polar surface area (TPSA) is 8.81 Å². The van der Waals surface area contributed by atoms with Crippen molar-refractivity contribution in [1.82, 2.24) is 4.57 Å². The fourth-order valence-electron chi connectivity index (χ4n) is 3.55. The Morgan fingerprint density at radius 1 is 0.826 bits per heavy atom. The second-order valence-electron chi connectivity index (χ2n) is 6.93. The van der Waals surface area contributed by atoms with Gasteiger partial charge in [-0.2, -0.15) is 0 Å². The molecule has 0 aliphatic heterocycles. The zero-order valence-corrected chi connectivity index (χ0v) is 15.5. The van der Waals surface area contributed by atoms with Crippen molar-refractivity contribution in [1.29, 1.82) is 0 Å². The maximum Gasteiger partial charge on any atom is 0.253 e. The van der Waals surface area contributed by atoms with Crippen LogP contribution in [0, 0.1) is 6.92 Å². The number of rotatable bonds is 11. The predicted molar refractivity (Wildman–Crippen MR) is 99.7 cm³/mol. The lowest BCUT2D eigenvalue weighted by Crippen LogP contribution is -2.30. The summed E-state index contributed by atoms with van der Waals surface area (Å²) < 4.78 is 4.80. The number of hydrogen-bond acceptors (Lipinski definition) is 0. The first-order chi connectivity index (χ1) is 11.3. The van der Waals surface area contributed by atoms with E-state index in [0.717, 1.165) is 6.54 Å². The summed E-state index contributed by atoms with van der Waals surface area (Å²) >= 11 is 0. The summed E-state index contributed by atoms with van der Waals surface area (Å²) in [6.07, 6.45) is 14.0. The molecule has 0 saturated heterocycles. The van der Waals surface area contributed by atoms with Crippen LogP contribution in [-0.2, 0) is 13.6 Å². The van der Waals surface area contributed by atoms with Crippen LogP contribution in [0.1, 0.15) is 77.0 Å². The lowest BCUT2D eigenvalue weighted by molar-refractivity contribution is -0.652. The van der Waals surface area contributed by atoms with Crippen LogP contribution in [-0.4, -0.2) is 4.57 Å². The van der Waals surface area contributed by atoms with Gasteiger partial charge in [0.05, 0.1) is 13.6 Å². The van der Waals surface area contributed by atoms with Crippen molar-refractivity contribution < 1.29 is 4.57 Å². The minimum atomic E-state index is 1.16. The van der Waals surface area contributed by atoms with Gasteiger partial charge in [-0.15, -0.1) is 0 Å². The van der Waals surface area contributed by atoms with Crippen molar-refractivity contribution in [2.75, 3.05) is 0 Å². The second-order valence-corrected chi connectivity index (χ2v) is 6.93. The van der Waals surface area contributed by atoms with Gasteiger partial charge in [-0.1, -0.05) is 70.4 Å². The molecule has 2 rings (SSSR count). The lowest BCUT2D eigenvalue weighted by atomic mass is 10.1. The Labute approximate surface area is 142 Å². The average Bonchev–Trinajstić information content (AvgIpc) is 2.81. The molecule has 0 N–H and O–H groups in total. The third-order valence-electron chi connectivity index (χ3n) is 5.15. The Balaban J connectivity index is 1.66. The van der Waals surface area contributed by atoms with Crippen molar-refractivity contribution in [3.8, 4) is 0 Å². The lowest BCUT2D eigenvalue weighted by Gasteiger charge is -2.03. The molecule has 0 spiro atoms. The van der Waals surface area contributed by atoms with Crippen LogP contribution in [0.2, 0.25) is 0 Å². The Kier molecular flexibility index (Phi) is 7.64. The molecule has 0 fully saturated rings. The van der Waals surface area contributed by atoms with Gasteiger partial charge in [0, 0.05) is 6.92 Å². The molecule has 2 aromatic rings. The van der Waals surface area contributed by atoms with Gasteiger partial charge in [0.15, 0.2) is 11.0 Å². The van der Waals surface area contributed by atoms with Crippen LogP contribution in [0.15, 0.2) is 24.3 Å². The molecule has 1 aromatic carbocycles. The molecule has 23 heavy (non-hydrogen) atoms. The number of fused-ring (bicyclic) bond motifs is 1. The van der Waals surface area contributed by atoms with E-state index in [9.17, 15) is 0 Å². The molecule has 0 amide bonds. The Hall–Kier alpha value is -1.31. The van der Waals surface area contributed by atoms with E-state index >= 15 is 0 Å². The molecule has 0 radical (unpaired) electrons. The van der Waals surface area contributed by atoms with E-state index in [0.29, 0.717) is 0 Å². The fraction of sp³-hybridized carbons (Fsp3) is 0.667. The van der Waals surface area contributed by atoms with Crippen molar-refractivity contribution >= 4 is 11.0 Å². The molecule has 2 heteroatoms. The molecule has 1 heterocycles. The maximum atomic E-state index is 2.49. The number of benzene rings is 1. The van der Waals surface area contributed by atoms with Crippen molar-refractivity contribution in [2.45, 2.75) is 84.6 Å². The van der Waals surface area contributed by atoms with Gasteiger partial charge in [-0.05, 0) is 25.0 Å². The number of unbranched alkanes of at least 4 members (excludes halogenated alkanes) is 9. The molecular formula is C21H35N2+. The van der Waals surface area contributed by atoms with Gasteiger partial charge < -0.3 is 0 Å². The Bertz CT molecular complexity index is 583. The first kappa shape index (κ1) is 18.0. The largest absolute Gasteiger partial charge is 0.253 e. The molecule has 0 unspecified atom stereocenters. The van der Waals surface area contributed by atoms with Gasteiger partial charge in [0.1, 0.15) is 0 Å². The first-order valence-electron chi connectivity index (χ1n) is 9.69.